The molecule has 0 fully saturated rings. The molecule has 9 heteroatoms. The van der Waals surface area contributed by atoms with E-state index >= 15 is 0 Å². The number of benzene rings is 2. The number of nitrogens with one attached hydrogen (secondary N) is 2. The quantitative estimate of drug-likeness (QED) is 0.312. The zero-order valence-corrected chi connectivity index (χ0v) is 20.2. The second-order valence-electron chi connectivity index (χ2n) is 6.35. The SMILES string of the molecule is COc1ccc(CN=C(NCC(=O)N(C)C)Nc2ccc(OC)c(OC)c2)cc1.I. The van der Waals surface area contributed by atoms with Gasteiger partial charge in [-0.05, 0) is 29.8 Å². The number of ether oxygens (including phenoxy) is 3. The van der Waals surface area contributed by atoms with Crippen molar-refractivity contribution in [1.29, 1.82) is 0 Å². The number of amides is 1. The number of hydrogen-bond acceptors (Lipinski definition) is 5. The highest BCUT2D eigenvalue weighted by atomic mass is 127. The lowest BCUT2D eigenvalue weighted by Gasteiger charge is -2.16. The normalized spacial score (nSPS) is 10.5. The van der Waals surface area contributed by atoms with Gasteiger partial charge in [0.05, 0.1) is 34.4 Å². The molecule has 0 aliphatic carbocycles. The molecule has 0 saturated heterocycles. The Labute approximate surface area is 194 Å². The van der Waals surface area contributed by atoms with Gasteiger partial charge in [-0.2, -0.15) is 0 Å². The molecule has 2 aromatic carbocycles. The van der Waals surface area contributed by atoms with Crippen LogP contribution in [0.1, 0.15) is 5.56 Å². The third-order valence-corrected chi connectivity index (χ3v) is 4.13. The largest absolute Gasteiger partial charge is 0.497 e. The molecule has 0 radical (unpaired) electrons. The number of methoxy groups -OCH3 is 3. The summed E-state index contributed by atoms with van der Waals surface area (Å²) in [6.07, 6.45) is 0. The standard InChI is InChI=1S/C21H28N4O4.HI/c1-25(2)20(26)14-23-21(22-13-15-6-9-17(27-3)10-7-15)24-16-8-11-18(28-4)19(12-16)29-5;/h6-12H,13-14H2,1-5H3,(H2,22,23,24);1H. The number of guanidine groups is 1. The van der Waals surface area contributed by atoms with Gasteiger partial charge >= 0.3 is 0 Å². The molecule has 8 nitrogen and oxygen atoms in total. The molecule has 2 aromatic rings. The van der Waals surface area contributed by atoms with E-state index in [1.54, 1.807) is 47.6 Å². The molecular weight excluding hydrogens is 499 g/mol. The summed E-state index contributed by atoms with van der Waals surface area (Å²) in [4.78, 5) is 18.1. The maximum absolute atomic E-state index is 12.0. The Morgan fingerprint density at radius 2 is 1.63 bits per heavy atom. The highest BCUT2D eigenvalue weighted by Crippen LogP contribution is 2.29. The predicted molar refractivity (Wildman–Crippen MR) is 129 cm³/mol. The number of hydrogen-bond donors (Lipinski definition) is 2. The van der Waals surface area contributed by atoms with Crippen molar-refractivity contribution in [3.05, 3.63) is 48.0 Å². The van der Waals surface area contributed by atoms with Crippen molar-refractivity contribution < 1.29 is 19.0 Å². The van der Waals surface area contributed by atoms with E-state index in [1.807, 2.05) is 30.3 Å². The number of carbonyl (C=O) groups excluding carboxylic acids is 1. The van der Waals surface area contributed by atoms with E-state index in [1.165, 1.54) is 4.90 Å². The van der Waals surface area contributed by atoms with Gasteiger partial charge in [-0.3, -0.25) is 4.79 Å². The van der Waals surface area contributed by atoms with Gasteiger partial charge in [0.2, 0.25) is 5.91 Å². The Bertz CT molecular complexity index is 841. The van der Waals surface area contributed by atoms with Crippen LogP contribution in [0.5, 0.6) is 17.2 Å². The first-order valence-electron chi connectivity index (χ1n) is 9.07. The van der Waals surface area contributed by atoms with E-state index in [2.05, 4.69) is 15.6 Å². The summed E-state index contributed by atoms with van der Waals surface area (Å²) in [5.74, 6) is 2.43. The lowest BCUT2D eigenvalue weighted by molar-refractivity contribution is -0.127. The summed E-state index contributed by atoms with van der Waals surface area (Å²) in [6, 6.07) is 13.1. The maximum atomic E-state index is 12.0. The summed E-state index contributed by atoms with van der Waals surface area (Å²) < 4.78 is 15.8. The lowest BCUT2D eigenvalue weighted by atomic mass is 10.2. The molecule has 2 N–H and O–H groups in total. The Morgan fingerprint density at radius 3 is 2.20 bits per heavy atom. The molecule has 0 heterocycles. The monoisotopic (exact) mass is 528 g/mol. The van der Waals surface area contributed by atoms with Gasteiger partial charge < -0.3 is 29.7 Å². The number of rotatable bonds is 8. The molecule has 0 spiro atoms. The van der Waals surface area contributed by atoms with Crippen molar-refractivity contribution in [3.63, 3.8) is 0 Å². The average molecular weight is 528 g/mol. The minimum absolute atomic E-state index is 0. The highest BCUT2D eigenvalue weighted by molar-refractivity contribution is 14.0. The molecule has 2 rings (SSSR count). The molecule has 30 heavy (non-hydrogen) atoms. The second-order valence-corrected chi connectivity index (χ2v) is 6.35. The molecule has 0 unspecified atom stereocenters. The van der Waals surface area contributed by atoms with Gasteiger partial charge in [0.1, 0.15) is 5.75 Å². The van der Waals surface area contributed by atoms with Crippen LogP contribution in [-0.2, 0) is 11.3 Å². The Hall–Kier alpha value is -2.69. The van der Waals surface area contributed by atoms with E-state index in [4.69, 9.17) is 14.2 Å². The second kappa shape index (κ2) is 12.8. The van der Waals surface area contributed by atoms with E-state index in [0.29, 0.717) is 24.0 Å². The minimum atomic E-state index is -0.0590. The number of nitrogens with zero attached hydrogens (tertiary/aromatic N) is 2. The summed E-state index contributed by atoms with van der Waals surface area (Å²) in [5, 5.41) is 6.26. The van der Waals surface area contributed by atoms with Crippen molar-refractivity contribution in [1.82, 2.24) is 10.2 Å². The molecule has 0 aromatic heterocycles. The fourth-order valence-electron chi connectivity index (χ4n) is 2.41. The average Bonchev–Trinajstić information content (AvgIpc) is 2.75. The van der Waals surface area contributed by atoms with Crippen LogP contribution >= 0.6 is 24.0 Å². The molecule has 0 bridgehead atoms. The van der Waals surface area contributed by atoms with Crippen LogP contribution in [0, 0.1) is 0 Å². The van der Waals surface area contributed by atoms with Crippen LogP contribution in [0.15, 0.2) is 47.5 Å². The summed E-state index contributed by atoms with van der Waals surface area (Å²) in [7, 11) is 8.21. The lowest BCUT2D eigenvalue weighted by Crippen LogP contribution is -2.39. The van der Waals surface area contributed by atoms with Crippen LogP contribution < -0.4 is 24.8 Å². The van der Waals surface area contributed by atoms with Gasteiger partial charge in [0, 0.05) is 25.8 Å². The van der Waals surface area contributed by atoms with Gasteiger partial charge in [0.25, 0.3) is 0 Å². The Balaban J connectivity index is 0.00000450. The first-order chi connectivity index (χ1) is 14.0. The number of carbonyl (C=O) groups is 1. The van der Waals surface area contributed by atoms with Crippen LogP contribution in [0.25, 0.3) is 0 Å². The minimum Gasteiger partial charge on any atom is -0.497 e. The van der Waals surface area contributed by atoms with Crippen molar-refractivity contribution in [2.45, 2.75) is 6.54 Å². The smallest absolute Gasteiger partial charge is 0.241 e. The first-order valence-corrected chi connectivity index (χ1v) is 9.07. The van der Waals surface area contributed by atoms with Gasteiger partial charge in [-0.15, -0.1) is 24.0 Å². The highest BCUT2D eigenvalue weighted by Gasteiger charge is 2.09. The fraction of sp³-hybridized carbons (Fsp3) is 0.333. The van der Waals surface area contributed by atoms with Gasteiger partial charge in [-0.1, -0.05) is 12.1 Å². The van der Waals surface area contributed by atoms with Crippen molar-refractivity contribution in [2.24, 2.45) is 4.99 Å². The fourth-order valence-corrected chi connectivity index (χ4v) is 2.41. The summed E-state index contributed by atoms with van der Waals surface area (Å²) >= 11 is 0. The van der Waals surface area contributed by atoms with E-state index in [0.717, 1.165) is 17.0 Å². The summed E-state index contributed by atoms with van der Waals surface area (Å²) in [6.45, 7) is 0.553. The first kappa shape index (κ1) is 25.3. The Kier molecular flexibility index (Phi) is 10.8. The Morgan fingerprint density at radius 1 is 0.967 bits per heavy atom. The number of halogens is 1. The molecule has 164 valence electrons. The van der Waals surface area contributed by atoms with Crippen LogP contribution in [0.2, 0.25) is 0 Å². The predicted octanol–water partition coefficient (Wildman–Crippen LogP) is 2.98. The number of likely N-dealkylation sites (N-methyl/N-ethyl adjacent to an activating group) is 1. The van der Waals surface area contributed by atoms with Crippen molar-refractivity contribution in [2.75, 3.05) is 47.3 Å². The van der Waals surface area contributed by atoms with Crippen molar-refractivity contribution >= 4 is 41.5 Å². The van der Waals surface area contributed by atoms with Crippen molar-refractivity contribution in [3.8, 4) is 17.2 Å². The van der Waals surface area contributed by atoms with Crippen LogP contribution in [-0.4, -0.2) is 58.7 Å². The van der Waals surface area contributed by atoms with Gasteiger partial charge in [0.15, 0.2) is 17.5 Å². The number of anilines is 1. The van der Waals surface area contributed by atoms with E-state index in [9.17, 15) is 4.79 Å². The van der Waals surface area contributed by atoms with Crippen LogP contribution in [0.4, 0.5) is 5.69 Å². The molecule has 0 aliphatic rings. The third kappa shape index (κ3) is 7.62. The maximum Gasteiger partial charge on any atom is 0.241 e. The van der Waals surface area contributed by atoms with E-state index < -0.39 is 0 Å². The zero-order chi connectivity index (χ0) is 21.2. The van der Waals surface area contributed by atoms with E-state index in [-0.39, 0.29) is 36.4 Å². The van der Waals surface area contributed by atoms with Crippen LogP contribution in [0.3, 0.4) is 0 Å². The molecule has 0 atom stereocenters. The molecule has 0 aliphatic heterocycles. The zero-order valence-electron chi connectivity index (χ0n) is 17.9. The topological polar surface area (TPSA) is 84.4 Å². The summed E-state index contributed by atoms with van der Waals surface area (Å²) in [5.41, 5.74) is 1.76. The third-order valence-electron chi connectivity index (χ3n) is 4.13. The van der Waals surface area contributed by atoms with Gasteiger partial charge in [-0.25, -0.2) is 4.99 Å². The number of aliphatic imine (C=N–C) groups is 1. The molecule has 1 amide bonds. The molecular formula is C21H29IN4O4. The molecule has 0 saturated carbocycles.